The van der Waals surface area contributed by atoms with E-state index in [-0.39, 0.29) is 5.91 Å². The summed E-state index contributed by atoms with van der Waals surface area (Å²) in [7, 11) is 3.47. The van der Waals surface area contributed by atoms with Crippen molar-refractivity contribution in [1.29, 1.82) is 0 Å². The molecular weight excluding hydrogens is 242 g/mol. The maximum Gasteiger partial charge on any atom is 0.253 e. The van der Waals surface area contributed by atoms with Gasteiger partial charge in [0.05, 0.1) is 12.9 Å². The van der Waals surface area contributed by atoms with Crippen LogP contribution in [0.4, 0.5) is 0 Å². The van der Waals surface area contributed by atoms with Crippen molar-refractivity contribution in [2.24, 2.45) is 0 Å². The standard InChI is InChI=1S/C14H17N3O2/c1-16(2)14(18)12-3-5-13(6-4-12)19-10-9-17-8-7-15-11-17/h3-8,11H,9-10H2,1-2H3. The van der Waals surface area contributed by atoms with Crippen LogP contribution < -0.4 is 4.74 Å². The first-order chi connectivity index (χ1) is 9.16. The lowest BCUT2D eigenvalue weighted by atomic mass is 10.2. The molecule has 1 amide bonds. The number of carbonyl (C=O) groups excluding carboxylic acids is 1. The highest BCUT2D eigenvalue weighted by Gasteiger charge is 2.07. The van der Waals surface area contributed by atoms with Crippen molar-refractivity contribution in [1.82, 2.24) is 14.5 Å². The monoisotopic (exact) mass is 259 g/mol. The van der Waals surface area contributed by atoms with Gasteiger partial charge in [0.2, 0.25) is 0 Å². The third-order valence-corrected chi connectivity index (χ3v) is 2.68. The van der Waals surface area contributed by atoms with Crippen molar-refractivity contribution in [3.63, 3.8) is 0 Å². The number of ether oxygens (including phenoxy) is 1. The Morgan fingerprint density at radius 3 is 2.63 bits per heavy atom. The lowest BCUT2D eigenvalue weighted by molar-refractivity contribution is 0.0827. The second kappa shape index (κ2) is 6.04. The lowest BCUT2D eigenvalue weighted by Gasteiger charge is -2.11. The molecule has 5 heteroatoms. The van der Waals surface area contributed by atoms with Crippen LogP contribution in [0.2, 0.25) is 0 Å². The average Bonchev–Trinajstić information content (AvgIpc) is 2.92. The van der Waals surface area contributed by atoms with E-state index in [0.717, 1.165) is 12.3 Å². The summed E-state index contributed by atoms with van der Waals surface area (Å²) in [5.41, 5.74) is 0.659. The fourth-order valence-electron chi connectivity index (χ4n) is 1.64. The Labute approximate surface area is 112 Å². The molecular formula is C14H17N3O2. The van der Waals surface area contributed by atoms with Crippen LogP contribution in [0.15, 0.2) is 43.0 Å². The number of amides is 1. The molecule has 0 aliphatic rings. The zero-order valence-corrected chi connectivity index (χ0v) is 11.1. The van der Waals surface area contributed by atoms with E-state index in [1.165, 1.54) is 0 Å². The van der Waals surface area contributed by atoms with E-state index in [1.54, 1.807) is 43.7 Å². The van der Waals surface area contributed by atoms with Gasteiger partial charge < -0.3 is 14.2 Å². The van der Waals surface area contributed by atoms with Gasteiger partial charge in [-0.3, -0.25) is 4.79 Å². The van der Waals surface area contributed by atoms with E-state index in [9.17, 15) is 4.79 Å². The summed E-state index contributed by atoms with van der Waals surface area (Å²) in [5.74, 6) is 0.750. The summed E-state index contributed by atoms with van der Waals surface area (Å²) in [6.45, 7) is 1.32. The number of benzene rings is 1. The van der Waals surface area contributed by atoms with Crippen molar-refractivity contribution < 1.29 is 9.53 Å². The number of imidazole rings is 1. The van der Waals surface area contributed by atoms with Gasteiger partial charge in [-0.1, -0.05) is 0 Å². The molecule has 5 nitrogen and oxygen atoms in total. The molecule has 0 unspecified atom stereocenters. The van der Waals surface area contributed by atoms with Gasteiger partial charge in [-0.2, -0.15) is 0 Å². The third kappa shape index (κ3) is 3.58. The molecule has 1 heterocycles. The van der Waals surface area contributed by atoms with Crippen molar-refractivity contribution in [2.75, 3.05) is 20.7 Å². The molecule has 100 valence electrons. The maximum atomic E-state index is 11.7. The Balaban J connectivity index is 1.86. The normalized spacial score (nSPS) is 10.2. The second-order valence-electron chi connectivity index (χ2n) is 4.37. The average molecular weight is 259 g/mol. The largest absolute Gasteiger partial charge is 0.492 e. The maximum absolute atomic E-state index is 11.7. The smallest absolute Gasteiger partial charge is 0.253 e. The summed E-state index contributed by atoms with van der Waals surface area (Å²) in [6.07, 6.45) is 5.38. The number of hydrogen-bond acceptors (Lipinski definition) is 3. The molecule has 2 rings (SSSR count). The van der Waals surface area contributed by atoms with Crippen molar-refractivity contribution >= 4 is 5.91 Å². The zero-order valence-electron chi connectivity index (χ0n) is 11.1. The topological polar surface area (TPSA) is 47.4 Å². The van der Waals surface area contributed by atoms with E-state index in [2.05, 4.69) is 4.98 Å². The van der Waals surface area contributed by atoms with Crippen LogP contribution in [0.25, 0.3) is 0 Å². The Bertz CT molecular complexity index is 518. The third-order valence-electron chi connectivity index (χ3n) is 2.68. The molecule has 0 spiro atoms. The van der Waals surface area contributed by atoms with Crippen LogP contribution in [-0.4, -0.2) is 41.1 Å². The van der Waals surface area contributed by atoms with Gasteiger partial charge in [0.15, 0.2) is 0 Å². The first kappa shape index (κ1) is 13.1. The summed E-state index contributed by atoms with van der Waals surface area (Å²) >= 11 is 0. The molecule has 0 aliphatic heterocycles. The SMILES string of the molecule is CN(C)C(=O)c1ccc(OCCn2ccnc2)cc1. The highest BCUT2D eigenvalue weighted by molar-refractivity contribution is 5.93. The van der Waals surface area contributed by atoms with Gasteiger partial charge in [-0.05, 0) is 24.3 Å². The molecule has 1 aromatic carbocycles. The number of aromatic nitrogens is 2. The van der Waals surface area contributed by atoms with E-state index in [0.29, 0.717) is 12.2 Å². The minimum atomic E-state index is -0.00929. The Kier molecular flexibility index (Phi) is 4.18. The van der Waals surface area contributed by atoms with Crippen LogP contribution in [0, 0.1) is 0 Å². The lowest BCUT2D eigenvalue weighted by Crippen LogP contribution is -2.21. The van der Waals surface area contributed by atoms with Gasteiger partial charge in [-0.25, -0.2) is 4.98 Å². The predicted octanol–water partition coefficient (Wildman–Crippen LogP) is 1.66. The fraction of sp³-hybridized carbons (Fsp3) is 0.286. The van der Waals surface area contributed by atoms with Crippen LogP contribution in [0.5, 0.6) is 5.75 Å². The molecule has 0 bridgehead atoms. The van der Waals surface area contributed by atoms with E-state index < -0.39 is 0 Å². The molecule has 0 saturated heterocycles. The molecule has 0 N–H and O–H groups in total. The number of carbonyl (C=O) groups is 1. The summed E-state index contributed by atoms with van der Waals surface area (Å²) in [6, 6.07) is 7.17. The van der Waals surface area contributed by atoms with E-state index in [4.69, 9.17) is 4.74 Å². The van der Waals surface area contributed by atoms with Gasteiger partial charge in [-0.15, -0.1) is 0 Å². The van der Waals surface area contributed by atoms with Gasteiger partial charge in [0.1, 0.15) is 12.4 Å². The molecule has 0 atom stereocenters. The molecule has 2 aromatic rings. The van der Waals surface area contributed by atoms with Crippen molar-refractivity contribution in [3.8, 4) is 5.75 Å². The van der Waals surface area contributed by atoms with Crippen LogP contribution in [-0.2, 0) is 6.54 Å². The van der Waals surface area contributed by atoms with E-state index in [1.807, 2.05) is 22.9 Å². The van der Waals surface area contributed by atoms with Crippen molar-refractivity contribution in [2.45, 2.75) is 6.54 Å². The predicted molar refractivity (Wildman–Crippen MR) is 72.2 cm³/mol. The molecule has 0 fully saturated rings. The van der Waals surface area contributed by atoms with Gasteiger partial charge >= 0.3 is 0 Å². The summed E-state index contributed by atoms with van der Waals surface area (Å²) in [5, 5.41) is 0. The number of nitrogens with zero attached hydrogens (tertiary/aromatic N) is 3. The first-order valence-corrected chi connectivity index (χ1v) is 6.07. The van der Waals surface area contributed by atoms with Crippen LogP contribution in [0.3, 0.4) is 0 Å². The quantitative estimate of drug-likeness (QED) is 0.820. The number of rotatable bonds is 5. The van der Waals surface area contributed by atoms with Crippen molar-refractivity contribution in [3.05, 3.63) is 48.5 Å². The first-order valence-electron chi connectivity index (χ1n) is 6.07. The number of hydrogen-bond donors (Lipinski definition) is 0. The summed E-state index contributed by atoms with van der Waals surface area (Å²) < 4.78 is 7.55. The molecule has 0 saturated carbocycles. The Morgan fingerprint density at radius 2 is 2.05 bits per heavy atom. The van der Waals surface area contributed by atoms with Crippen LogP contribution in [0.1, 0.15) is 10.4 Å². The highest BCUT2D eigenvalue weighted by Crippen LogP contribution is 2.13. The Hall–Kier alpha value is -2.30. The fourth-order valence-corrected chi connectivity index (χ4v) is 1.64. The van der Waals surface area contributed by atoms with E-state index >= 15 is 0 Å². The minimum Gasteiger partial charge on any atom is -0.492 e. The molecule has 0 radical (unpaired) electrons. The summed E-state index contributed by atoms with van der Waals surface area (Å²) in [4.78, 5) is 17.2. The van der Waals surface area contributed by atoms with Crippen LogP contribution >= 0.6 is 0 Å². The van der Waals surface area contributed by atoms with Gasteiger partial charge in [0.25, 0.3) is 5.91 Å². The Morgan fingerprint density at radius 1 is 1.32 bits per heavy atom. The molecule has 0 aliphatic carbocycles. The zero-order chi connectivity index (χ0) is 13.7. The van der Waals surface area contributed by atoms with Gasteiger partial charge in [0, 0.05) is 32.1 Å². The minimum absolute atomic E-state index is 0.00929. The molecule has 19 heavy (non-hydrogen) atoms. The second-order valence-corrected chi connectivity index (χ2v) is 4.37. The molecule has 1 aromatic heterocycles. The highest BCUT2D eigenvalue weighted by atomic mass is 16.5.